The Labute approximate surface area is 212 Å². The molecule has 2 aliphatic heterocycles. The van der Waals surface area contributed by atoms with Gasteiger partial charge in [0, 0.05) is 29.0 Å². The van der Waals surface area contributed by atoms with E-state index in [0.717, 1.165) is 23.7 Å². The summed E-state index contributed by atoms with van der Waals surface area (Å²) >= 11 is 0. The van der Waals surface area contributed by atoms with Crippen LogP contribution in [0.4, 0.5) is 5.69 Å². The molecule has 0 saturated carbocycles. The molecule has 7 rings (SSSR count). The largest absolute Gasteiger partial charge is 0.322 e. The van der Waals surface area contributed by atoms with Crippen LogP contribution >= 0.6 is 0 Å². The molecule has 0 fully saturated rings. The van der Waals surface area contributed by atoms with E-state index in [1.165, 1.54) is 16.8 Å². The Kier molecular flexibility index (Phi) is 4.92. The standard InChI is InChI=1S/C33H29N3/c1-33-20-11-10-17-26(33)31-25-16-8-9-18-28(25)36(29(31)19-21-33)30-22-27(23-12-4-2-5-13-23)34-32(35-30)24-14-6-3-7-15-24/h2-21,26-27,29,31H,22H2,1H3. The topological polar surface area (TPSA) is 28.0 Å². The van der Waals surface area contributed by atoms with Crippen molar-refractivity contribution >= 4 is 17.4 Å². The average Bonchev–Trinajstić information content (AvgIpc) is 3.28. The molecule has 0 bridgehead atoms. The van der Waals surface area contributed by atoms with Crippen LogP contribution in [-0.2, 0) is 0 Å². The summed E-state index contributed by atoms with van der Waals surface area (Å²) < 4.78 is 0. The summed E-state index contributed by atoms with van der Waals surface area (Å²) in [5.74, 6) is 2.72. The van der Waals surface area contributed by atoms with Crippen molar-refractivity contribution in [3.05, 3.63) is 138 Å². The van der Waals surface area contributed by atoms with E-state index in [0.29, 0.717) is 11.8 Å². The first-order valence-electron chi connectivity index (χ1n) is 12.9. The van der Waals surface area contributed by atoms with Gasteiger partial charge in [-0.25, -0.2) is 4.99 Å². The first-order valence-corrected chi connectivity index (χ1v) is 12.9. The second kappa shape index (κ2) is 8.30. The molecule has 2 heterocycles. The summed E-state index contributed by atoms with van der Waals surface area (Å²) in [6.07, 6.45) is 14.8. The Bertz CT molecular complexity index is 1450. The van der Waals surface area contributed by atoms with Crippen LogP contribution in [0.2, 0.25) is 0 Å². The van der Waals surface area contributed by atoms with Crippen LogP contribution in [0.5, 0.6) is 0 Å². The van der Waals surface area contributed by atoms with Crippen molar-refractivity contribution < 1.29 is 0 Å². The number of nitrogens with zero attached hydrogens (tertiary/aromatic N) is 3. The molecule has 36 heavy (non-hydrogen) atoms. The summed E-state index contributed by atoms with van der Waals surface area (Å²) in [7, 11) is 0. The van der Waals surface area contributed by atoms with Crippen LogP contribution in [0.15, 0.2) is 131 Å². The zero-order valence-corrected chi connectivity index (χ0v) is 20.4. The lowest BCUT2D eigenvalue weighted by molar-refractivity contribution is 0.302. The molecule has 0 amide bonds. The number of para-hydroxylation sites is 1. The minimum Gasteiger partial charge on any atom is -0.322 e. The van der Waals surface area contributed by atoms with Crippen molar-refractivity contribution in [3.63, 3.8) is 0 Å². The van der Waals surface area contributed by atoms with Gasteiger partial charge in [-0.15, -0.1) is 0 Å². The van der Waals surface area contributed by atoms with E-state index in [4.69, 9.17) is 9.98 Å². The molecule has 4 aliphatic rings. The van der Waals surface area contributed by atoms with Crippen LogP contribution in [0.3, 0.4) is 0 Å². The number of fused-ring (bicyclic) bond motifs is 5. The monoisotopic (exact) mass is 467 g/mol. The van der Waals surface area contributed by atoms with Gasteiger partial charge in [-0.05, 0) is 23.1 Å². The number of rotatable bonds is 2. The third-order valence-electron chi connectivity index (χ3n) is 8.25. The third-order valence-corrected chi connectivity index (χ3v) is 8.25. The van der Waals surface area contributed by atoms with Crippen molar-refractivity contribution in [3.8, 4) is 0 Å². The van der Waals surface area contributed by atoms with E-state index >= 15 is 0 Å². The third kappa shape index (κ3) is 3.34. The minimum atomic E-state index is 0.0375. The van der Waals surface area contributed by atoms with Gasteiger partial charge in [-0.3, -0.25) is 4.99 Å². The van der Waals surface area contributed by atoms with E-state index in [9.17, 15) is 0 Å². The van der Waals surface area contributed by atoms with Crippen LogP contribution in [0, 0.1) is 11.3 Å². The second-order valence-corrected chi connectivity index (χ2v) is 10.4. The van der Waals surface area contributed by atoms with Crippen LogP contribution in [-0.4, -0.2) is 17.7 Å². The molecule has 0 N–H and O–H groups in total. The lowest BCUT2D eigenvalue weighted by atomic mass is 9.62. The van der Waals surface area contributed by atoms with Gasteiger partial charge in [0.25, 0.3) is 0 Å². The van der Waals surface area contributed by atoms with Gasteiger partial charge in [0.1, 0.15) is 5.84 Å². The van der Waals surface area contributed by atoms with Crippen LogP contribution in [0.25, 0.3) is 0 Å². The van der Waals surface area contributed by atoms with Gasteiger partial charge < -0.3 is 4.90 Å². The highest BCUT2D eigenvalue weighted by atomic mass is 15.3. The Morgan fingerprint density at radius 1 is 0.806 bits per heavy atom. The molecule has 5 unspecified atom stereocenters. The highest BCUT2D eigenvalue weighted by Crippen LogP contribution is 2.55. The van der Waals surface area contributed by atoms with Gasteiger partial charge in [-0.2, -0.15) is 0 Å². The predicted octanol–water partition coefficient (Wildman–Crippen LogP) is 7.27. The highest BCUT2D eigenvalue weighted by Gasteiger charge is 2.50. The molecule has 3 nitrogen and oxygen atoms in total. The Morgan fingerprint density at radius 3 is 2.39 bits per heavy atom. The van der Waals surface area contributed by atoms with Gasteiger partial charge in [0.2, 0.25) is 0 Å². The SMILES string of the molecule is CC12C=CC=CC1C1c3ccccc3N(C3=NC(c4ccccc4)=NC(c4ccccc4)C3)C1C=C2. The normalized spacial score (nSPS) is 29.8. The van der Waals surface area contributed by atoms with Crippen molar-refractivity contribution in [1.82, 2.24) is 0 Å². The van der Waals surface area contributed by atoms with Crippen molar-refractivity contribution in [2.75, 3.05) is 4.90 Å². The molecule has 3 aromatic rings. The predicted molar refractivity (Wildman–Crippen MR) is 149 cm³/mol. The zero-order valence-electron chi connectivity index (χ0n) is 20.4. The van der Waals surface area contributed by atoms with E-state index in [1.54, 1.807) is 0 Å². The molecule has 0 radical (unpaired) electrons. The minimum absolute atomic E-state index is 0.0375. The number of amidine groups is 2. The molecule has 3 aromatic carbocycles. The summed E-state index contributed by atoms with van der Waals surface area (Å²) in [5, 5.41) is 0. The molecular formula is C33H29N3. The highest BCUT2D eigenvalue weighted by molar-refractivity contribution is 6.13. The lowest BCUT2D eigenvalue weighted by Crippen LogP contribution is -2.45. The van der Waals surface area contributed by atoms with Crippen LogP contribution in [0.1, 0.15) is 42.0 Å². The van der Waals surface area contributed by atoms with E-state index < -0.39 is 0 Å². The van der Waals surface area contributed by atoms with Gasteiger partial charge in [0.05, 0.1) is 12.1 Å². The summed E-state index contributed by atoms with van der Waals surface area (Å²) in [4.78, 5) is 12.9. The maximum Gasteiger partial charge on any atom is 0.157 e. The quantitative estimate of drug-likeness (QED) is 0.364. The number of hydrogen-bond acceptors (Lipinski definition) is 3. The number of hydrogen-bond donors (Lipinski definition) is 0. The van der Waals surface area contributed by atoms with Crippen molar-refractivity contribution in [2.45, 2.75) is 31.3 Å². The van der Waals surface area contributed by atoms with Gasteiger partial charge in [-0.1, -0.05) is 122 Å². The van der Waals surface area contributed by atoms with Gasteiger partial charge in [0.15, 0.2) is 5.84 Å². The fourth-order valence-corrected chi connectivity index (χ4v) is 6.47. The average molecular weight is 468 g/mol. The maximum atomic E-state index is 5.25. The van der Waals surface area contributed by atoms with Crippen molar-refractivity contribution in [2.24, 2.45) is 21.3 Å². The van der Waals surface area contributed by atoms with E-state index in [2.05, 4.69) is 127 Å². The smallest absolute Gasteiger partial charge is 0.157 e. The Balaban J connectivity index is 1.37. The molecule has 0 saturated heterocycles. The zero-order chi connectivity index (χ0) is 24.1. The molecular weight excluding hydrogens is 438 g/mol. The van der Waals surface area contributed by atoms with E-state index in [-0.39, 0.29) is 17.5 Å². The second-order valence-electron chi connectivity index (χ2n) is 10.4. The number of anilines is 1. The maximum absolute atomic E-state index is 5.25. The summed E-state index contributed by atoms with van der Waals surface area (Å²) in [6.45, 7) is 2.36. The number of benzene rings is 3. The summed E-state index contributed by atoms with van der Waals surface area (Å²) in [5.41, 5.74) is 5.03. The molecule has 176 valence electrons. The first kappa shape index (κ1) is 21.3. The molecule has 3 heteroatoms. The van der Waals surface area contributed by atoms with Gasteiger partial charge >= 0.3 is 0 Å². The first-order chi connectivity index (χ1) is 17.7. The molecule has 2 aliphatic carbocycles. The molecule has 5 atom stereocenters. The lowest BCUT2D eigenvalue weighted by Gasteiger charge is -2.44. The number of allylic oxidation sites excluding steroid dienone is 5. The Hall–Kier alpha value is -3.98. The molecule has 0 aromatic heterocycles. The number of aliphatic imine (C=N–C) groups is 2. The van der Waals surface area contributed by atoms with Crippen molar-refractivity contribution in [1.29, 1.82) is 0 Å². The molecule has 0 spiro atoms. The van der Waals surface area contributed by atoms with Crippen LogP contribution < -0.4 is 4.90 Å². The summed E-state index contributed by atoms with van der Waals surface area (Å²) in [6, 6.07) is 30.3. The van der Waals surface area contributed by atoms with E-state index in [1.807, 2.05) is 6.07 Å². The Morgan fingerprint density at radius 2 is 1.56 bits per heavy atom. The fourth-order valence-electron chi connectivity index (χ4n) is 6.47. The fraction of sp³-hybridized carbons (Fsp3) is 0.212.